The van der Waals surface area contributed by atoms with E-state index in [1.54, 1.807) is 19.3 Å². The molecule has 1 aromatic carbocycles. The minimum Gasteiger partial charge on any atom is -0.465 e. The van der Waals surface area contributed by atoms with Crippen LogP contribution in [0.1, 0.15) is 16.2 Å². The topological polar surface area (TPSA) is 70.1 Å². The van der Waals surface area contributed by atoms with Gasteiger partial charge in [0.05, 0.1) is 18.4 Å². The molecule has 2 aromatic rings. The van der Waals surface area contributed by atoms with E-state index in [0.717, 1.165) is 6.07 Å². The number of benzene rings is 1. The lowest BCUT2D eigenvalue weighted by atomic mass is 10.1. The molecule has 0 aliphatic rings. The number of nitrogens with two attached hydrogens (primary N) is 1. The zero-order valence-electron chi connectivity index (χ0n) is 9.98. The maximum atomic E-state index is 13.9. The predicted octanol–water partition coefficient (Wildman–Crippen LogP) is 1.69. The third kappa shape index (κ3) is 1.92. The van der Waals surface area contributed by atoms with Crippen LogP contribution in [-0.2, 0) is 4.74 Å². The summed E-state index contributed by atoms with van der Waals surface area (Å²) < 4.78 is 20.0. The molecule has 2 rings (SSSR count). The largest absolute Gasteiger partial charge is 0.465 e. The number of hydrogen-bond acceptors (Lipinski definition) is 4. The van der Waals surface area contributed by atoms with E-state index in [-0.39, 0.29) is 16.9 Å². The summed E-state index contributed by atoms with van der Waals surface area (Å²) in [5.41, 5.74) is 5.97. The van der Waals surface area contributed by atoms with Crippen LogP contribution in [0, 0.1) is 12.7 Å². The number of methoxy groups -OCH3 is 1. The highest BCUT2D eigenvalue weighted by Gasteiger charge is 2.16. The van der Waals surface area contributed by atoms with E-state index < -0.39 is 11.8 Å². The molecule has 0 atom stereocenters. The van der Waals surface area contributed by atoms with Crippen LogP contribution in [0.15, 0.2) is 24.5 Å². The van der Waals surface area contributed by atoms with Crippen LogP contribution in [0.2, 0.25) is 0 Å². The van der Waals surface area contributed by atoms with Crippen molar-refractivity contribution in [3.8, 4) is 5.69 Å². The molecule has 0 aliphatic heterocycles. The average Bonchev–Trinajstić information content (AvgIpc) is 2.75. The first kappa shape index (κ1) is 12.1. The number of nitrogens with zero attached hydrogens (tertiary/aromatic N) is 2. The minimum atomic E-state index is -0.605. The number of halogens is 1. The normalized spacial score (nSPS) is 10.4. The monoisotopic (exact) mass is 249 g/mol. The molecule has 0 amide bonds. The Labute approximate surface area is 103 Å². The third-order valence-corrected chi connectivity index (χ3v) is 2.61. The zero-order valence-corrected chi connectivity index (χ0v) is 9.98. The van der Waals surface area contributed by atoms with Crippen molar-refractivity contribution in [3.05, 3.63) is 41.7 Å². The molecule has 1 heterocycles. The highest BCUT2D eigenvalue weighted by atomic mass is 19.1. The second-order valence-corrected chi connectivity index (χ2v) is 3.73. The first-order valence-corrected chi connectivity index (χ1v) is 5.22. The quantitative estimate of drug-likeness (QED) is 0.649. The Bertz CT molecular complexity index is 607. The SMILES string of the molecule is COC(=O)c1cc(-n2ccnc2C)c(F)cc1N. The molecule has 0 saturated carbocycles. The fourth-order valence-electron chi connectivity index (χ4n) is 1.68. The smallest absolute Gasteiger partial charge is 0.340 e. The van der Waals surface area contributed by atoms with Gasteiger partial charge in [-0.3, -0.25) is 0 Å². The highest BCUT2D eigenvalue weighted by Crippen LogP contribution is 2.22. The number of aromatic nitrogens is 2. The second kappa shape index (κ2) is 4.48. The number of carbonyl (C=O) groups is 1. The van der Waals surface area contributed by atoms with Crippen molar-refractivity contribution in [3.63, 3.8) is 0 Å². The molecule has 0 saturated heterocycles. The molecular weight excluding hydrogens is 237 g/mol. The summed E-state index contributed by atoms with van der Waals surface area (Å²) in [5.74, 6) is -0.526. The van der Waals surface area contributed by atoms with Gasteiger partial charge in [-0.25, -0.2) is 14.2 Å². The first-order valence-electron chi connectivity index (χ1n) is 5.22. The molecule has 6 heteroatoms. The van der Waals surface area contributed by atoms with Crippen molar-refractivity contribution in [1.29, 1.82) is 0 Å². The molecule has 1 aromatic heterocycles. The Hall–Kier alpha value is -2.37. The second-order valence-electron chi connectivity index (χ2n) is 3.73. The van der Waals surface area contributed by atoms with Gasteiger partial charge in [0.2, 0.25) is 0 Å². The number of rotatable bonds is 2. The summed E-state index contributed by atoms with van der Waals surface area (Å²) in [7, 11) is 1.24. The first-order chi connectivity index (χ1) is 8.54. The number of aryl methyl sites for hydroxylation is 1. The third-order valence-electron chi connectivity index (χ3n) is 2.61. The number of ether oxygens (including phenoxy) is 1. The van der Waals surface area contributed by atoms with E-state index in [4.69, 9.17) is 5.73 Å². The molecule has 0 unspecified atom stereocenters. The molecule has 2 N–H and O–H groups in total. The number of hydrogen-bond donors (Lipinski definition) is 1. The van der Waals surface area contributed by atoms with E-state index in [1.807, 2.05) is 0 Å². The fourth-order valence-corrected chi connectivity index (χ4v) is 1.68. The summed E-state index contributed by atoms with van der Waals surface area (Å²) in [6, 6.07) is 2.45. The predicted molar refractivity (Wildman–Crippen MR) is 64.0 cm³/mol. The molecular formula is C12H12FN3O2. The summed E-state index contributed by atoms with van der Waals surface area (Å²) >= 11 is 0. The Balaban J connectivity index is 2.62. The zero-order chi connectivity index (χ0) is 13.3. The van der Waals surface area contributed by atoms with Crippen molar-refractivity contribution >= 4 is 11.7 Å². The van der Waals surface area contributed by atoms with Crippen LogP contribution < -0.4 is 5.73 Å². The van der Waals surface area contributed by atoms with E-state index in [2.05, 4.69) is 9.72 Å². The van der Waals surface area contributed by atoms with E-state index in [1.165, 1.54) is 17.7 Å². The maximum Gasteiger partial charge on any atom is 0.340 e. The molecule has 0 fully saturated rings. The van der Waals surface area contributed by atoms with Gasteiger partial charge in [0.25, 0.3) is 0 Å². The molecule has 0 bridgehead atoms. The Morgan fingerprint density at radius 2 is 2.22 bits per heavy atom. The van der Waals surface area contributed by atoms with Crippen molar-refractivity contribution in [2.45, 2.75) is 6.92 Å². The molecule has 5 nitrogen and oxygen atoms in total. The van der Waals surface area contributed by atoms with Crippen LogP contribution in [0.5, 0.6) is 0 Å². The number of esters is 1. The molecule has 18 heavy (non-hydrogen) atoms. The van der Waals surface area contributed by atoms with Crippen molar-refractivity contribution in [2.75, 3.05) is 12.8 Å². The van der Waals surface area contributed by atoms with Gasteiger partial charge in [-0.05, 0) is 19.1 Å². The molecule has 0 aliphatic carbocycles. The lowest BCUT2D eigenvalue weighted by Gasteiger charge is -2.10. The number of anilines is 1. The van der Waals surface area contributed by atoms with Gasteiger partial charge in [0.15, 0.2) is 0 Å². The van der Waals surface area contributed by atoms with E-state index >= 15 is 0 Å². The number of nitrogen functional groups attached to an aromatic ring is 1. The van der Waals surface area contributed by atoms with Gasteiger partial charge in [-0.2, -0.15) is 0 Å². The number of carbonyl (C=O) groups excluding carboxylic acids is 1. The van der Waals surface area contributed by atoms with Crippen LogP contribution >= 0.6 is 0 Å². The van der Waals surface area contributed by atoms with Crippen LogP contribution in [0.4, 0.5) is 10.1 Å². The molecule has 94 valence electrons. The highest BCUT2D eigenvalue weighted by molar-refractivity contribution is 5.95. The van der Waals surface area contributed by atoms with E-state index in [9.17, 15) is 9.18 Å². The standard InChI is InChI=1S/C12H12FN3O2/c1-7-15-3-4-16(7)11-5-8(12(17)18-2)10(14)6-9(11)13/h3-6H,14H2,1-2H3. The van der Waals surface area contributed by atoms with E-state index in [0.29, 0.717) is 5.82 Å². The molecule has 0 radical (unpaired) electrons. The maximum absolute atomic E-state index is 13.9. The Morgan fingerprint density at radius 1 is 1.50 bits per heavy atom. The molecule has 0 spiro atoms. The lowest BCUT2D eigenvalue weighted by Crippen LogP contribution is -2.09. The van der Waals surface area contributed by atoms with Gasteiger partial charge in [0, 0.05) is 18.1 Å². The Kier molecular flexibility index (Phi) is 3.01. The van der Waals surface area contributed by atoms with Crippen LogP contribution in [0.25, 0.3) is 5.69 Å². The van der Waals surface area contributed by atoms with Gasteiger partial charge in [-0.15, -0.1) is 0 Å². The number of imidazole rings is 1. The van der Waals surface area contributed by atoms with Crippen LogP contribution in [0.3, 0.4) is 0 Å². The summed E-state index contributed by atoms with van der Waals surface area (Å²) in [5, 5.41) is 0. The fraction of sp³-hybridized carbons (Fsp3) is 0.167. The van der Waals surface area contributed by atoms with Crippen molar-refractivity contribution in [2.24, 2.45) is 0 Å². The Morgan fingerprint density at radius 3 is 2.78 bits per heavy atom. The summed E-state index contributed by atoms with van der Waals surface area (Å²) in [6.45, 7) is 1.73. The summed E-state index contributed by atoms with van der Waals surface area (Å²) in [6.07, 6.45) is 3.15. The van der Waals surface area contributed by atoms with Gasteiger partial charge in [-0.1, -0.05) is 0 Å². The lowest BCUT2D eigenvalue weighted by molar-refractivity contribution is 0.0602. The van der Waals surface area contributed by atoms with Gasteiger partial charge < -0.3 is 15.0 Å². The minimum absolute atomic E-state index is 0.0425. The van der Waals surface area contributed by atoms with Gasteiger partial charge >= 0.3 is 5.97 Å². The van der Waals surface area contributed by atoms with Crippen molar-refractivity contribution in [1.82, 2.24) is 9.55 Å². The van der Waals surface area contributed by atoms with Crippen molar-refractivity contribution < 1.29 is 13.9 Å². The summed E-state index contributed by atoms with van der Waals surface area (Å²) in [4.78, 5) is 15.5. The average molecular weight is 249 g/mol. The van der Waals surface area contributed by atoms with Gasteiger partial charge in [0.1, 0.15) is 11.6 Å². The van der Waals surface area contributed by atoms with Crippen LogP contribution in [-0.4, -0.2) is 22.6 Å².